The van der Waals surface area contributed by atoms with Crippen LogP contribution in [0.5, 0.6) is 17.2 Å². The van der Waals surface area contributed by atoms with E-state index in [0.29, 0.717) is 6.61 Å². The van der Waals surface area contributed by atoms with Crippen LogP contribution >= 0.6 is 12.4 Å². The van der Waals surface area contributed by atoms with Gasteiger partial charge >= 0.3 is 0 Å². The Hall–Kier alpha value is -2.69. The predicted octanol–water partition coefficient (Wildman–Crippen LogP) is 6.14. The summed E-state index contributed by atoms with van der Waals surface area (Å²) in [5.41, 5.74) is 3.31. The zero-order chi connectivity index (χ0) is 22.7. The van der Waals surface area contributed by atoms with Gasteiger partial charge in [-0.3, -0.25) is 0 Å². The van der Waals surface area contributed by atoms with Gasteiger partial charge in [-0.05, 0) is 57.3 Å². The maximum absolute atomic E-state index is 6.57. The molecule has 33 heavy (non-hydrogen) atoms. The smallest absolute Gasteiger partial charge is 0.127 e. The van der Waals surface area contributed by atoms with Gasteiger partial charge in [0.2, 0.25) is 0 Å². The van der Waals surface area contributed by atoms with Crippen LogP contribution in [-0.4, -0.2) is 44.9 Å². The number of halogens is 1. The number of ether oxygens (including phenoxy) is 3. The van der Waals surface area contributed by atoms with Crippen molar-refractivity contribution < 1.29 is 14.2 Å². The minimum absolute atomic E-state index is 0. The SMILES string of the molecule is COc1ccc2c(c1)OC(C)(C)C(c1ccccc1)C2c1ccc(OCCN(C)C)cc1.Cl. The highest BCUT2D eigenvalue weighted by Gasteiger charge is 2.45. The zero-order valence-corrected chi connectivity index (χ0v) is 20.9. The summed E-state index contributed by atoms with van der Waals surface area (Å²) in [7, 11) is 5.79. The number of methoxy groups -OCH3 is 1. The van der Waals surface area contributed by atoms with Crippen LogP contribution in [0.25, 0.3) is 0 Å². The minimum Gasteiger partial charge on any atom is -0.497 e. The van der Waals surface area contributed by atoms with Crippen LogP contribution in [0.15, 0.2) is 72.8 Å². The first-order valence-electron chi connectivity index (χ1n) is 11.2. The summed E-state index contributed by atoms with van der Waals surface area (Å²) in [6, 6.07) is 25.4. The van der Waals surface area contributed by atoms with Gasteiger partial charge in [0.1, 0.15) is 29.5 Å². The first kappa shape index (κ1) is 24.9. The van der Waals surface area contributed by atoms with Gasteiger partial charge in [-0.1, -0.05) is 48.5 Å². The number of fused-ring (bicyclic) bond motifs is 1. The van der Waals surface area contributed by atoms with E-state index >= 15 is 0 Å². The van der Waals surface area contributed by atoms with E-state index in [1.54, 1.807) is 7.11 Å². The molecular formula is C28H34ClNO3. The quantitative estimate of drug-likeness (QED) is 0.417. The Kier molecular flexibility index (Phi) is 7.93. The molecule has 1 aliphatic rings. The molecule has 0 radical (unpaired) electrons. The topological polar surface area (TPSA) is 30.9 Å². The lowest BCUT2D eigenvalue weighted by Crippen LogP contribution is -2.43. The first-order chi connectivity index (χ1) is 15.4. The Bertz CT molecular complexity index is 1030. The molecule has 0 amide bonds. The third-order valence-corrected chi connectivity index (χ3v) is 6.22. The summed E-state index contributed by atoms with van der Waals surface area (Å²) in [5.74, 6) is 2.90. The van der Waals surface area contributed by atoms with E-state index in [-0.39, 0.29) is 24.2 Å². The van der Waals surface area contributed by atoms with E-state index < -0.39 is 5.60 Å². The van der Waals surface area contributed by atoms with E-state index in [1.807, 2.05) is 12.1 Å². The summed E-state index contributed by atoms with van der Waals surface area (Å²) in [4.78, 5) is 2.12. The Balaban J connectivity index is 0.00000306. The van der Waals surface area contributed by atoms with Crippen molar-refractivity contribution in [2.45, 2.75) is 31.3 Å². The molecule has 3 aromatic carbocycles. The Morgan fingerprint density at radius 2 is 1.55 bits per heavy atom. The molecule has 3 aromatic rings. The second-order valence-electron chi connectivity index (χ2n) is 9.20. The molecule has 5 heteroatoms. The highest BCUT2D eigenvalue weighted by Crippen LogP contribution is 2.53. The van der Waals surface area contributed by atoms with Crippen LogP contribution in [-0.2, 0) is 0 Å². The molecule has 0 spiro atoms. The molecule has 2 atom stereocenters. The average molecular weight is 468 g/mol. The number of hydrogen-bond acceptors (Lipinski definition) is 4. The fourth-order valence-electron chi connectivity index (χ4n) is 4.66. The molecule has 176 valence electrons. The van der Waals surface area contributed by atoms with Crippen molar-refractivity contribution in [3.05, 3.63) is 89.5 Å². The Morgan fingerprint density at radius 1 is 0.879 bits per heavy atom. The van der Waals surface area contributed by atoms with E-state index in [0.717, 1.165) is 23.8 Å². The number of rotatable bonds is 7. The first-order valence-corrected chi connectivity index (χ1v) is 11.2. The lowest BCUT2D eigenvalue weighted by Gasteiger charge is -2.45. The van der Waals surface area contributed by atoms with Crippen molar-refractivity contribution >= 4 is 12.4 Å². The fraction of sp³-hybridized carbons (Fsp3) is 0.357. The van der Waals surface area contributed by atoms with E-state index in [9.17, 15) is 0 Å². The van der Waals surface area contributed by atoms with Crippen LogP contribution in [0, 0.1) is 0 Å². The number of hydrogen-bond donors (Lipinski definition) is 0. The van der Waals surface area contributed by atoms with Crippen molar-refractivity contribution in [2.75, 3.05) is 34.4 Å². The van der Waals surface area contributed by atoms with Gasteiger partial charge in [0.05, 0.1) is 7.11 Å². The van der Waals surface area contributed by atoms with Crippen LogP contribution in [0.2, 0.25) is 0 Å². The Labute approximate surface area is 203 Å². The maximum atomic E-state index is 6.57. The normalized spacial score (nSPS) is 18.6. The monoisotopic (exact) mass is 467 g/mol. The third kappa shape index (κ3) is 5.45. The predicted molar refractivity (Wildman–Crippen MR) is 136 cm³/mol. The second-order valence-corrected chi connectivity index (χ2v) is 9.20. The highest BCUT2D eigenvalue weighted by molar-refractivity contribution is 5.85. The van der Waals surface area contributed by atoms with E-state index in [1.165, 1.54) is 16.7 Å². The molecule has 4 rings (SSSR count). The molecule has 0 saturated carbocycles. The molecule has 0 bridgehead atoms. The van der Waals surface area contributed by atoms with Crippen molar-refractivity contribution in [3.63, 3.8) is 0 Å². The number of likely N-dealkylation sites (N-methyl/N-ethyl adjacent to an activating group) is 1. The van der Waals surface area contributed by atoms with Crippen LogP contribution in [0.3, 0.4) is 0 Å². The standard InChI is InChI=1S/C28H33NO3.ClH/c1-28(2)27(21-9-7-6-8-10-21)26(24-16-15-23(30-5)19-25(24)32-28)20-11-13-22(14-12-20)31-18-17-29(3)4;/h6-16,19,26-27H,17-18H2,1-5H3;1H. The summed E-state index contributed by atoms with van der Waals surface area (Å²) < 4.78 is 18.0. The molecule has 0 fully saturated rings. The summed E-state index contributed by atoms with van der Waals surface area (Å²) in [5, 5.41) is 0. The molecule has 0 N–H and O–H groups in total. The van der Waals surface area contributed by atoms with Gasteiger partial charge in [0, 0.05) is 30.0 Å². The molecular weight excluding hydrogens is 434 g/mol. The van der Waals surface area contributed by atoms with Gasteiger partial charge in [-0.15, -0.1) is 12.4 Å². The molecule has 4 nitrogen and oxygen atoms in total. The van der Waals surface area contributed by atoms with Gasteiger partial charge < -0.3 is 19.1 Å². The van der Waals surface area contributed by atoms with E-state index in [4.69, 9.17) is 14.2 Å². The maximum Gasteiger partial charge on any atom is 0.127 e. The van der Waals surface area contributed by atoms with Crippen LogP contribution in [0.4, 0.5) is 0 Å². The van der Waals surface area contributed by atoms with Crippen molar-refractivity contribution in [2.24, 2.45) is 0 Å². The lowest BCUT2D eigenvalue weighted by atomic mass is 9.68. The number of nitrogens with zero attached hydrogens (tertiary/aromatic N) is 1. The molecule has 0 saturated heterocycles. The Morgan fingerprint density at radius 3 is 2.18 bits per heavy atom. The average Bonchev–Trinajstić information content (AvgIpc) is 2.78. The van der Waals surface area contributed by atoms with Gasteiger partial charge in [0.15, 0.2) is 0 Å². The van der Waals surface area contributed by atoms with Crippen LogP contribution in [0.1, 0.15) is 42.4 Å². The van der Waals surface area contributed by atoms with Crippen molar-refractivity contribution in [3.8, 4) is 17.2 Å². The van der Waals surface area contributed by atoms with Gasteiger partial charge in [-0.25, -0.2) is 0 Å². The third-order valence-electron chi connectivity index (χ3n) is 6.22. The minimum atomic E-state index is -0.397. The summed E-state index contributed by atoms with van der Waals surface area (Å²) >= 11 is 0. The van der Waals surface area contributed by atoms with E-state index in [2.05, 4.69) is 93.5 Å². The number of benzene rings is 3. The van der Waals surface area contributed by atoms with Gasteiger partial charge in [0.25, 0.3) is 0 Å². The molecule has 2 unspecified atom stereocenters. The molecule has 1 heterocycles. The van der Waals surface area contributed by atoms with Crippen LogP contribution < -0.4 is 14.2 Å². The van der Waals surface area contributed by atoms with Gasteiger partial charge in [-0.2, -0.15) is 0 Å². The zero-order valence-electron chi connectivity index (χ0n) is 20.1. The van der Waals surface area contributed by atoms with Crippen molar-refractivity contribution in [1.82, 2.24) is 4.90 Å². The second kappa shape index (κ2) is 10.5. The molecule has 1 aliphatic heterocycles. The molecule has 0 aromatic heterocycles. The van der Waals surface area contributed by atoms with Crippen molar-refractivity contribution in [1.29, 1.82) is 0 Å². The lowest BCUT2D eigenvalue weighted by molar-refractivity contribution is 0.0528. The highest BCUT2D eigenvalue weighted by atomic mass is 35.5. The summed E-state index contributed by atoms with van der Waals surface area (Å²) in [6.07, 6.45) is 0. The molecule has 0 aliphatic carbocycles. The largest absolute Gasteiger partial charge is 0.497 e. The fourth-order valence-corrected chi connectivity index (χ4v) is 4.66. The summed E-state index contributed by atoms with van der Waals surface area (Å²) in [6.45, 7) is 5.92.